The molecule has 0 aromatic carbocycles. The Kier molecular flexibility index (Phi) is 5.61. The molecule has 0 aliphatic rings. The first-order chi connectivity index (χ1) is 8.15. The molecule has 0 fully saturated rings. The molecule has 0 N–H and O–H groups in total. The van der Waals surface area contributed by atoms with Gasteiger partial charge in [0.1, 0.15) is 5.69 Å². The Morgan fingerprint density at radius 1 is 1.65 bits per heavy atom. The Morgan fingerprint density at radius 2 is 2.29 bits per heavy atom. The third kappa shape index (κ3) is 3.28. The number of hydrogen-bond donors (Lipinski definition) is 0. The average Bonchev–Trinajstić information content (AvgIpc) is 2.78. The van der Waals surface area contributed by atoms with Gasteiger partial charge in [0, 0.05) is 24.4 Å². The number of imidazole rings is 1. The summed E-state index contributed by atoms with van der Waals surface area (Å²) in [4.78, 5) is 14.6. The van der Waals surface area contributed by atoms with Crippen molar-refractivity contribution in [1.29, 1.82) is 0 Å². The highest BCUT2D eigenvalue weighted by molar-refractivity contribution is 9.10. The Balaban J connectivity index is 0.000000317. The molecule has 0 radical (unpaired) electrons. The standard InChI is InChI=1S/C8H4BrClN2O.C3H8O/c9-6-1-2-12-5(4-13)3-11-8(12)7(6)10;1-3-4-2/h1-4H;3H2,1-2H3. The topological polar surface area (TPSA) is 43.6 Å². The zero-order valence-electron chi connectivity index (χ0n) is 9.48. The van der Waals surface area contributed by atoms with Gasteiger partial charge in [-0.05, 0) is 28.9 Å². The van der Waals surface area contributed by atoms with E-state index in [1.54, 1.807) is 23.8 Å². The van der Waals surface area contributed by atoms with E-state index in [9.17, 15) is 4.79 Å². The maximum atomic E-state index is 10.6. The number of aromatic nitrogens is 2. The number of halogens is 2. The van der Waals surface area contributed by atoms with E-state index in [1.807, 2.05) is 6.92 Å². The highest BCUT2D eigenvalue weighted by Crippen LogP contribution is 2.26. The molecule has 0 saturated carbocycles. The average molecular weight is 320 g/mol. The van der Waals surface area contributed by atoms with Crippen LogP contribution in [0.3, 0.4) is 0 Å². The number of nitrogens with zero attached hydrogens (tertiary/aromatic N) is 2. The van der Waals surface area contributed by atoms with E-state index in [1.165, 1.54) is 6.20 Å². The van der Waals surface area contributed by atoms with E-state index >= 15 is 0 Å². The van der Waals surface area contributed by atoms with Gasteiger partial charge in [-0.2, -0.15) is 0 Å². The van der Waals surface area contributed by atoms with Gasteiger partial charge in [0.05, 0.1) is 11.2 Å². The van der Waals surface area contributed by atoms with Crippen molar-refractivity contribution in [2.45, 2.75) is 6.92 Å². The molecule has 92 valence electrons. The van der Waals surface area contributed by atoms with Gasteiger partial charge in [0.25, 0.3) is 0 Å². The summed E-state index contributed by atoms with van der Waals surface area (Å²) in [6.45, 7) is 2.78. The van der Waals surface area contributed by atoms with E-state index < -0.39 is 0 Å². The zero-order valence-corrected chi connectivity index (χ0v) is 11.8. The minimum atomic E-state index is 0.490. The molecule has 2 heterocycles. The monoisotopic (exact) mass is 318 g/mol. The second-order valence-corrected chi connectivity index (χ2v) is 4.28. The van der Waals surface area contributed by atoms with Crippen LogP contribution in [0.1, 0.15) is 17.4 Å². The van der Waals surface area contributed by atoms with Gasteiger partial charge >= 0.3 is 0 Å². The molecule has 0 atom stereocenters. The fourth-order valence-electron chi connectivity index (χ4n) is 1.10. The minimum Gasteiger partial charge on any atom is -0.385 e. The molecule has 0 bridgehead atoms. The first-order valence-electron chi connectivity index (χ1n) is 4.90. The fourth-order valence-corrected chi connectivity index (χ4v) is 1.60. The van der Waals surface area contributed by atoms with Crippen molar-refractivity contribution < 1.29 is 9.53 Å². The minimum absolute atomic E-state index is 0.490. The van der Waals surface area contributed by atoms with Crippen molar-refractivity contribution in [2.24, 2.45) is 0 Å². The van der Waals surface area contributed by atoms with Crippen LogP contribution in [-0.2, 0) is 4.74 Å². The smallest absolute Gasteiger partial charge is 0.168 e. The van der Waals surface area contributed by atoms with Gasteiger partial charge in [-0.15, -0.1) is 0 Å². The van der Waals surface area contributed by atoms with E-state index in [0.29, 0.717) is 16.4 Å². The molecule has 4 nitrogen and oxygen atoms in total. The molecule has 0 amide bonds. The van der Waals surface area contributed by atoms with E-state index in [2.05, 4.69) is 25.7 Å². The van der Waals surface area contributed by atoms with E-state index in [-0.39, 0.29) is 0 Å². The maximum absolute atomic E-state index is 10.6. The van der Waals surface area contributed by atoms with Crippen LogP contribution in [-0.4, -0.2) is 29.4 Å². The number of hydrogen-bond acceptors (Lipinski definition) is 3. The molecule has 0 spiro atoms. The van der Waals surface area contributed by atoms with Crippen molar-refractivity contribution in [1.82, 2.24) is 9.38 Å². The van der Waals surface area contributed by atoms with Crippen molar-refractivity contribution in [3.63, 3.8) is 0 Å². The molecule has 2 aromatic heterocycles. The van der Waals surface area contributed by atoms with Crippen LogP contribution in [0.25, 0.3) is 5.65 Å². The van der Waals surface area contributed by atoms with E-state index in [4.69, 9.17) is 11.6 Å². The third-order valence-corrected chi connectivity index (χ3v) is 3.27. The highest BCUT2D eigenvalue weighted by atomic mass is 79.9. The zero-order chi connectivity index (χ0) is 12.8. The Morgan fingerprint density at radius 3 is 2.82 bits per heavy atom. The first kappa shape index (κ1) is 14.2. The SMILES string of the molecule is CCOC.O=Cc1cnc2c(Cl)c(Br)ccn12. The first-order valence-corrected chi connectivity index (χ1v) is 6.08. The lowest BCUT2D eigenvalue weighted by molar-refractivity contribution is 0.111. The highest BCUT2D eigenvalue weighted by Gasteiger charge is 2.07. The van der Waals surface area contributed by atoms with Crippen LogP contribution in [0.15, 0.2) is 22.9 Å². The van der Waals surface area contributed by atoms with Gasteiger partial charge < -0.3 is 4.74 Å². The number of carbonyl (C=O) groups is 1. The number of aldehydes is 1. The third-order valence-electron chi connectivity index (χ3n) is 2.01. The normalized spacial score (nSPS) is 9.88. The van der Waals surface area contributed by atoms with Crippen LogP contribution < -0.4 is 0 Å². The Hall–Kier alpha value is -0.910. The van der Waals surface area contributed by atoms with Gasteiger partial charge in [0.15, 0.2) is 11.9 Å². The largest absolute Gasteiger partial charge is 0.385 e. The molecule has 2 aromatic rings. The summed E-state index contributed by atoms with van der Waals surface area (Å²) in [6, 6.07) is 1.77. The molecule has 0 aliphatic carbocycles. The predicted molar refractivity (Wildman–Crippen MR) is 70.8 cm³/mol. The number of carbonyl (C=O) groups excluding carboxylic acids is 1. The quantitative estimate of drug-likeness (QED) is 0.798. The van der Waals surface area contributed by atoms with Crippen molar-refractivity contribution in [2.75, 3.05) is 13.7 Å². The van der Waals surface area contributed by atoms with Crippen molar-refractivity contribution in [3.8, 4) is 0 Å². The van der Waals surface area contributed by atoms with Crippen molar-refractivity contribution in [3.05, 3.63) is 33.6 Å². The van der Waals surface area contributed by atoms with Gasteiger partial charge in [-0.25, -0.2) is 4.98 Å². The van der Waals surface area contributed by atoms with Crippen LogP contribution in [0, 0.1) is 0 Å². The Bertz CT molecular complexity index is 511. The summed E-state index contributed by atoms with van der Waals surface area (Å²) in [5.74, 6) is 0. The molecular weight excluding hydrogens is 307 g/mol. The van der Waals surface area contributed by atoms with Crippen LogP contribution in [0.2, 0.25) is 5.02 Å². The molecule has 0 saturated heterocycles. The summed E-state index contributed by atoms with van der Waals surface area (Å²) in [7, 11) is 1.68. The van der Waals surface area contributed by atoms with E-state index in [0.717, 1.165) is 17.4 Å². The fraction of sp³-hybridized carbons (Fsp3) is 0.273. The predicted octanol–water partition coefficient (Wildman–Crippen LogP) is 3.22. The second-order valence-electron chi connectivity index (χ2n) is 3.05. The van der Waals surface area contributed by atoms with Crippen LogP contribution in [0.4, 0.5) is 0 Å². The summed E-state index contributed by atoms with van der Waals surface area (Å²) >= 11 is 9.22. The number of fused-ring (bicyclic) bond motifs is 1. The lowest BCUT2D eigenvalue weighted by atomic mass is 10.4. The molecule has 0 aliphatic heterocycles. The second kappa shape index (κ2) is 6.74. The molecule has 6 heteroatoms. The lowest BCUT2D eigenvalue weighted by Gasteiger charge is -1.98. The summed E-state index contributed by atoms with van der Waals surface area (Å²) < 4.78 is 6.95. The molecule has 17 heavy (non-hydrogen) atoms. The van der Waals surface area contributed by atoms with Crippen LogP contribution >= 0.6 is 27.5 Å². The summed E-state index contributed by atoms with van der Waals surface area (Å²) in [6.07, 6.45) is 3.97. The number of methoxy groups -OCH3 is 1. The van der Waals surface area contributed by atoms with Gasteiger partial charge in [-0.3, -0.25) is 9.20 Å². The van der Waals surface area contributed by atoms with Gasteiger partial charge in [0.2, 0.25) is 0 Å². The summed E-state index contributed by atoms with van der Waals surface area (Å²) in [5, 5.41) is 0.510. The van der Waals surface area contributed by atoms with Crippen LogP contribution in [0.5, 0.6) is 0 Å². The molecule has 0 unspecified atom stereocenters. The summed E-state index contributed by atoms with van der Waals surface area (Å²) in [5.41, 5.74) is 1.07. The Labute approximate surface area is 113 Å². The lowest BCUT2D eigenvalue weighted by Crippen LogP contribution is -1.90. The van der Waals surface area contributed by atoms with Gasteiger partial charge in [-0.1, -0.05) is 11.6 Å². The van der Waals surface area contributed by atoms with Crippen molar-refractivity contribution >= 4 is 39.5 Å². The number of rotatable bonds is 2. The maximum Gasteiger partial charge on any atom is 0.168 e. The molecular formula is C11H12BrClN2O2. The number of ether oxygens (including phenoxy) is 1. The number of pyridine rings is 1. The molecule has 2 rings (SSSR count).